The Morgan fingerprint density at radius 2 is 2.05 bits per heavy atom. The number of aliphatic hydroxyl groups excluding tert-OH is 2. The summed E-state index contributed by atoms with van der Waals surface area (Å²) < 4.78 is 0. The van der Waals surface area contributed by atoms with E-state index in [0.717, 1.165) is 13.0 Å². The molecule has 0 unspecified atom stereocenters. The summed E-state index contributed by atoms with van der Waals surface area (Å²) in [5.74, 6) is 0.311. The van der Waals surface area contributed by atoms with Gasteiger partial charge in [-0.3, -0.25) is 9.59 Å². The van der Waals surface area contributed by atoms with Crippen LogP contribution in [0.2, 0.25) is 0 Å². The molecule has 7 nitrogen and oxygen atoms in total. The Bertz CT molecular complexity index is 404. The summed E-state index contributed by atoms with van der Waals surface area (Å²) in [5.41, 5.74) is 0. The first-order valence-electron chi connectivity index (χ1n) is 8.01. The number of carbonyl (C=O) groups excluding carboxylic acids is 2. The molecule has 0 bridgehead atoms. The van der Waals surface area contributed by atoms with Crippen molar-refractivity contribution in [1.29, 1.82) is 0 Å². The highest BCUT2D eigenvalue weighted by Gasteiger charge is 2.36. The molecule has 0 aromatic carbocycles. The second-order valence-electron chi connectivity index (χ2n) is 6.41. The summed E-state index contributed by atoms with van der Waals surface area (Å²) in [7, 11) is 1.93. The summed E-state index contributed by atoms with van der Waals surface area (Å²) in [4.78, 5) is 29.4. The first-order valence-corrected chi connectivity index (χ1v) is 8.01. The minimum absolute atomic E-state index is 0.0268. The van der Waals surface area contributed by atoms with Crippen molar-refractivity contribution in [2.24, 2.45) is 11.8 Å². The van der Waals surface area contributed by atoms with Gasteiger partial charge < -0.3 is 24.9 Å². The lowest BCUT2D eigenvalue weighted by atomic mass is 9.96. The van der Waals surface area contributed by atoms with Gasteiger partial charge in [0.15, 0.2) is 0 Å². The number of hydrogen-bond donors (Lipinski definition) is 2. The van der Waals surface area contributed by atoms with Crippen LogP contribution in [0.4, 0.5) is 0 Å². The topological polar surface area (TPSA) is 84.3 Å². The Kier molecular flexibility index (Phi) is 6.16. The van der Waals surface area contributed by atoms with Crippen LogP contribution in [0.1, 0.15) is 12.8 Å². The first-order chi connectivity index (χ1) is 10.5. The minimum Gasteiger partial charge on any atom is -0.396 e. The molecule has 2 fully saturated rings. The summed E-state index contributed by atoms with van der Waals surface area (Å²) in [5, 5.41) is 18.5. The van der Waals surface area contributed by atoms with Crippen LogP contribution in [0, 0.1) is 11.8 Å². The molecule has 2 saturated heterocycles. The van der Waals surface area contributed by atoms with Crippen LogP contribution in [0.3, 0.4) is 0 Å². The van der Waals surface area contributed by atoms with Gasteiger partial charge in [-0.2, -0.15) is 0 Å². The van der Waals surface area contributed by atoms with E-state index in [4.69, 9.17) is 5.11 Å². The van der Waals surface area contributed by atoms with Crippen LogP contribution < -0.4 is 0 Å². The van der Waals surface area contributed by atoms with E-state index in [0.29, 0.717) is 32.6 Å². The number of carbonyl (C=O) groups is 2. The third-order valence-corrected chi connectivity index (χ3v) is 4.69. The maximum absolute atomic E-state index is 12.4. The van der Waals surface area contributed by atoms with E-state index >= 15 is 0 Å². The van der Waals surface area contributed by atoms with E-state index in [1.165, 1.54) is 0 Å². The number of amides is 2. The fourth-order valence-electron chi connectivity index (χ4n) is 3.35. The lowest BCUT2D eigenvalue weighted by Crippen LogP contribution is -2.40. The SMILES string of the molecule is CN(CCO)C[C@@H]1CN(C(=O)CN2CCCC2=O)C[C@@H]1CO. The Morgan fingerprint density at radius 3 is 2.64 bits per heavy atom. The molecule has 126 valence electrons. The molecule has 2 rings (SSSR count). The number of hydrogen-bond acceptors (Lipinski definition) is 5. The van der Waals surface area contributed by atoms with E-state index < -0.39 is 0 Å². The van der Waals surface area contributed by atoms with E-state index in [-0.39, 0.29) is 43.4 Å². The van der Waals surface area contributed by atoms with Crippen LogP contribution in [0.15, 0.2) is 0 Å². The number of likely N-dealkylation sites (tertiary alicyclic amines) is 2. The number of nitrogens with zero attached hydrogens (tertiary/aromatic N) is 3. The normalized spacial score (nSPS) is 25.5. The van der Waals surface area contributed by atoms with Gasteiger partial charge in [0.1, 0.15) is 0 Å². The molecule has 2 amide bonds. The zero-order chi connectivity index (χ0) is 16.1. The number of aliphatic hydroxyl groups is 2. The van der Waals surface area contributed by atoms with Crippen LogP contribution in [0.5, 0.6) is 0 Å². The Hall–Kier alpha value is -1.18. The largest absolute Gasteiger partial charge is 0.396 e. The molecule has 0 radical (unpaired) electrons. The second-order valence-corrected chi connectivity index (χ2v) is 6.41. The number of likely N-dealkylation sites (N-methyl/N-ethyl adjacent to an activating group) is 1. The van der Waals surface area contributed by atoms with E-state index in [2.05, 4.69) is 0 Å². The molecule has 2 N–H and O–H groups in total. The van der Waals surface area contributed by atoms with Crippen molar-refractivity contribution in [2.75, 3.05) is 59.5 Å². The molecule has 2 aliphatic heterocycles. The lowest BCUT2D eigenvalue weighted by Gasteiger charge is -2.23. The van der Waals surface area contributed by atoms with Gasteiger partial charge in [0, 0.05) is 51.7 Å². The third-order valence-electron chi connectivity index (χ3n) is 4.69. The quantitative estimate of drug-likeness (QED) is 0.604. The second kappa shape index (κ2) is 7.89. The van der Waals surface area contributed by atoms with Crippen molar-refractivity contribution in [2.45, 2.75) is 12.8 Å². The van der Waals surface area contributed by atoms with Gasteiger partial charge in [0.2, 0.25) is 11.8 Å². The molecule has 2 aliphatic rings. The highest BCUT2D eigenvalue weighted by Crippen LogP contribution is 2.24. The van der Waals surface area contributed by atoms with Gasteiger partial charge in [-0.15, -0.1) is 0 Å². The fourth-order valence-corrected chi connectivity index (χ4v) is 3.35. The Labute approximate surface area is 131 Å². The highest BCUT2D eigenvalue weighted by molar-refractivity contribution is 5.86. The summed E-state index contributed by atoms with van der Waals surface area (Å²) in [6.07, 6.45) is 1.38. The van der Waals surface area contributed by atoms with E-state index in [9.17, 15) is 14.7 Å². The van der Waals surface area contributed by atoms with Gasteiger partial charge in [-0.1, -0.05) is 0 Å². The van der Waals surface area contributed by atoms with Gasteiger partial charge in [0.05, 0.1) is 13.2 Å². The van der Waals surface area contributed by atoms with E-state index in [1.54, 1.807) is 9.80 Å². The summed E-state index contributed by atoms with van der Waals surface area (Å²) in [6.45, 7) is 3.50. The molecule has 0 aliphatic carbocycles. The predicted octanol–water partition coefficient (Wildman–Crippen LogP) is -1.40. The Balaban J connectivity index is 1.87. The Morgan fingerprint density at radius 1 is 1.32 bits per heavy atom. The zero-order valence-corrected chi connectivity index (χ0v) is 13.3. The molecule has 7 heteroatoms. The maximum atomic E-state index is 12.4. The zero-order valence-electron chi connectivity index (χ0n) is 13.3. The van der Waals surface area contributed by atoms with Gasteiger partial charge in [-0.05, 0) is 19.4 Å². The maximum Gasteiger partial charge on any atom is 0.242 e. The molecular weight excluding hydrogens is 286 g/mol. The molecule has 0 aromatic rings. The fraction of sp³-hybridized carbons (Fsp3) is 0.867. The van der Waals surface area contributed by atoms with Crippen molar-refractivity contribution in [1.82, 2.24) is 14.7 Å². The van der Waals surface area contributed by atoms with Crippen molar-refractivity contribution < 1.29 is 19.8 Å². The molecule has 2 heterocycles. The molecule has 0 saturated carbocycles. The van der Waals surface area contributed by atoms with Crippen molar-refractivity contribution in [3.8, 4) is 0 Å². The summed E-state index contributed by atoms with van der Waals surface area (Å²) >= 11 is 0. The van der Waals surface area contributed by atoms with Crippen molar-refractivity contribution >= 4 is 11.8 Å². The lowest BCUT2D eigenvalue weighted by molar-refractivity contribution is -0.137. The number of rotatable bonds is 7. The summed E-state index contributed by atoms with van der Waals surface area (Å²) in [6, 6.07) is 0. The van der Waals surface area contributed by atoms with Crippen LogP contribution in [0.25, 0.3) is 0 Å². The molecule has 22 heavy (non-hydrogen) atoms. The van der Waals surface area contributed by atoms with Crippen LogP contribution >= 0.6 is 0 Å². The average molecular weight is 313 g/mol. The molecular formula is C15H27N3O4. The third kappa shape index (κ3) is 4.18. The highest BCUT2D eigenvalue weighted by atomic mass is 16.3. The van der Waals surface area contributed by atoms with Gasteiger partial charge in [-0.25, -0.2) is 0 Å². The van der Waals surface area contributed by atoms with Crippen molar-refractivity contribution in [3.05, 3.63) is 0 Å². The van der Waals surface area contributed by atoms with Crippen LogP contribution in [-0.4, -0.2) is 96.3 Å². The molecule has 0 spiro atoms. The van der Waals surface area contributed by atoms with Crippen LogP contribution in [-0.2, 0) is 9.59 Å². The monoisotopic (exact) mass is 313 g/mol. The van der Waals surface area contributed by atoms with Gasteiger partial charge in [0.25, 0.3) is 0 Å². The van der Waals surface area contributed by atoms with Crippen molar-refractivity contribution in [3.63, 3.8) is 0 Å². The molecule has 2 atom stereocenters. The first kappa shape index (κ1) is 17.2. The van der Waals surface area contributed by atoms with E-state index in [1.807, 2.05) is 11.9 Å². The average Bonchev–Trinajstić information content (AvgIpc) is 3.06. The van der Waals surface area contributed by atoms with Gasteiger partial charge >= 0.3 is 0 Å². The minimum atomic E-state index is -0.0268. The predicted molar refractivity (Wildman–Crippen MR) is 81.0 cm³/mol. The smallest absolute Gasteiger partial charge is 0.242 e. The molecule has 0 aromatic heterocycles. The standard InChI is InChI=1S/C15H27N3O4/c1-16(5-6-19)7-12-8-18(9-13(12)11-20)15(22)10-17-4-2-3-14(17)21/h12-13,19-20H,2-11H2,1H3/t12-,13-/m1/s1.